The summed E-state index contributed by atoms with van der Waals surface area (Å²) in [5, 5.41) is 10.6. The molecule has 0 aromatic heterocycles. The van der Waals surface area contributed by atoms with Gasteiger partial charge in [-0.3, -0.25) is 0 Å². The number of anilines is 1. The second-order valence-electron chi connectivity index (χ2n) is 4.30. The molecule has 1 aliphatic heterocycles. The number of rotatable bonds is 3. The molecule has 0 bridgehead atoms. The van der Waals surface area contributed by atoms with Gasteiger partial charge in [-0.1, -0.05) is 17.7 Å². The Morgan fingerprint density at radius 3 is 2.69 bits per heavy atom. The van der Waals surface area contributed by atoms with Crippen LogP contribution in [0.2, 0.25) is 5.02 Å². The van der Waals surface area contributed by atoms with Gasteiger partial charge in [-0.15, -0.1) is 0 Å². The molecule has 88 valence electrons. The minimum absolute atomic E-state index is 0.474. The molecule has 1 aromatic carbocycles. The van der Waals surface area contributed by atoms with Gasteiger partial charge in [0.05, 0.1) is 16.8 Å². The van der Waals surface area contributed by atoms with Crippen molar-refractivity contribution in [1.82, 2.24) is 4.90 Å². The van der Waals surface area contributed by atoms with Gasteiger partial charge in [-0.25, -0.2) is 0 Å². The van der Waals surface area contributed by atoms with E-state index in [-0.39, 0.29) is 0 Å². The van der Waals surface area contributed by atoms with Gasteiger partial charge in [0.1, 0.15) is 0 Å². The first kappa shape index (κ1) is 11.7. The van der Waals surface area contributed by atoms with Crippen molar-refractivity contribution in [2.24, 2.45) is 0 Å². The lowest BCUT2D eigenvalue weighted by atomic mass is 10.1. The SMILES string of the molecule is Nc1cc(C(O)CN2CCCC2)ccc1Cl. The fourth-order valence-corrected chi connectivity index (χ4v) is 2.20. The van der Waals surface area contributed by atoms with Crippen LogP contribution in [0, 0.1) is 0 Å². The summed E-state index contributed by atoms with van der Waals surface area (Å²) in [5.74, 6) is 0. The van der Waals surface area contributed by atoms with Crippen LogP contribution < -0.4 is 5.73 Å². The molecular weight excluding hydrogens is 224 g/mol. The summed E-state index contributed by atoms with van der Waals surface area (Å²) in [6.07, 6.45) is 1.99. The average Bonchev–Trinajstić information content (AvgIpc) is 2.74. The minimum Gasteiger partial charge on any atom is -0.398 e. The summed E-state index contributed by atoms with van der Waals surface area (Å²) in [6, 6.07) is 5.32. The average molecular weight is 241 g/mol. The number of likely N-dealkylation sites (tertiary alicyclic amines) is 1. The van der Waals surface area contributed by atoms with Crippen molar-refractivity contribution in [2.45, 2.75) is 18.9 Å². The van der Waals surface area contributed by atoms with Gasteiger partial charge in [0.2, 0.25) is 0 Å². The summed E-state index contributed by atoms with van der Waals surface area (Å²) in [7, 11) is 0. The Morgan fingerprint density at radius 1 is 1.38 bits per heavy atom. The maximum absolute atomic E-state index is 10.1. The van der Waals surface area contributed by atoms with E-state index in [0.29, 0.717) is 17.3 Å². The van der Waals surface area contributed by atoms with Crippen molar-refractivity contribution >= 4 is 17.3 Å². The zero-order valence-corrected chi connectivity index (χ0v) is 9.95. The highest BCUT2D eigenvalue weighted by Crippen LogP contribution is 2.24. The molecule has 1 saturated heterocycles. The number of nitrogens with zero attached hydrogens (tertiary/aromatic N) is 1. The summed E-state index contributed by atoms with van der Waals surface area (Å²) >= 11 is 5.84. The number of hydrogen-bond donors (Lipinski definition) is 2. The topological polar surface area (TPSA) is 49.5 Å². The Balaban J connectivity index is 2.02. The van der Waals surface area contributed by atoms with Crippen molar-refractivity contribution in [1.29, 1.82) is 0 Å². The Kier molecular flexibility index (Phi) is 3.69. The fraction of sp³-hybridized carbons (Fsp3) is 0.500. The summed E-state index contributed by atoms with van der Waals surface area (Å²) < 4.78 is 0. The third-order valence-corrected chi connectivity index (χ3v) is 3.38. The molecule has 1 atom stereocenters. The van der Waals surface area contributed by atoms with Gasteiger partial charge in [-0.05, 0) is 43.6 Å². The first-order chi connectivity index (χ1) is 7.66. The summed E-state index contributed by atoms with van der Waals surface area (Å²) in [5.41, 5.74) is 7.08. The predicted octanol–water partition coefficient (Wildman–Crippen LogP) is 2.05. The van der Waals surface area contributed by atoms with E-state index in [1.54, 1.807) is 12.1 Å². The predicted molar refractivity (Wildman–Crippen MR) is 66.5 cm³/mol. The molecule has 1 unspecified atom stereocenters. The van der Waals surface area contributed by atoms with Gasteiger partial charge in [0, 0.05) is 6.54 Å². The molecular formula is C12H17ClN2O. The molecule has 3 nitrogen and oxygen atoms in total. The first-order valence-corrected chi connectivity index (χ1v) is 6.00. The van der Waals surface area contributed by atoms with Gasteiger partial charge in [0.25, 0.3) is 0 Å². The standard InChI is InChI=1S/C12H17ClN2O/c13-10-4-3-9(7-11(10)14)12(16)8-15-5-1-2-6-15/h3-4,7,12,16H,1-2,5-6,8,14H2. The van der Waals surface area contributed by atoms with Gasteiger partial charge < -0.3 is 15.7 Å². The lowest BCUT2D eigenvalue weighted by Crippen LogP contribution is -2.25. The number of nitrogen functional groups attached to an aromatic ring is 1. The van der Waals surface area contributed by atoms with Crippen molar-refractivity contribution in [3.05, 3.63) is 28.8 Å². The van der Waals surface area contributed by atoms with Crippen LogP contribution in [0.4, 0.5) is 5.69 Å². The normalized spacial score (nSPS) is 18.9. The molecule has 1 aliphatic rings. The maximum atomic E-state index is 10.1. The number of aliphatic hydroxyl groups excluding tert-OH is 1. The van der Waals surface area contributed by atoms with Crippen molar-refractivity contribution in [2.75, 3.05) is 25.4 Å². The molecule has 4 heteroatoms. The second-order valence-corrected chi connectivity index (χ2v) is 4.71. The summed E-state index contributed by atoms with van der Waals surface area (Å²) in [6.45, 7) is 2.85. The lowest BCUT2D eigenvalue weighted by molar-refractivity contribution is 0.126. The van der Waals surface area contributed by atoms with E-state index in [4.69, 9.17) is 17.3 Å². The quantitative estimate of drug-likeness (QED) is 0.796. The lowest BCUT2D eigenvalue weighted by Gasteiger charge is -2.19. The van der Waals surface area contributed by atoms with Crippen LogP contribution in [0.3, 0.4) is 0 Å². The minimum atomic E-state index is -0.474. The van der Waals surface area contributed by atoms with Gasteiger partial charge in [0.15, 0.2) is 0 Å². The number of nitrogens with two attached hydrogens (primary N) is 1. The maximum Gasteiger partial charge on any atom is 0.0917 e. The second kappa shape index (κ2) is 5.04. The smallest absolute Gasteiger partial charge is 0.0917 e. The Hall–Kier alpha value is -0.770. The Morgan fingerprint density at radius 2 is 2.06 bits per heavy atom. The number of aliphatic hydroxyl groups is 1. The Labute approximate surface area is 101 Å². The van der Waals surface area contributed by atoms with E-state index in [1.807, 2.05) is 6.07 Å². The van der Waals surface area contributed by atoms with Crippen LogP contribution in [-0.4, -0.2) is 29.6 Å². The molecule has 1 fully saturated rings. The molecule has 0 radical (unpaired) electrons. The van der Waals surface area contributed by atoms with Crippen LogP contribution in [0.1, 0.15) is 24.5 Å². The van der Waals surface area contributed by atoms with E-state index in [9.17, 15) is 5.11 Å². The fourth-order valence-electron chi connectivity index (χ4n) is 2.08. The molecule has 1 heterocycles. The summed E-state index contributed by atoms with van der Waals surface area (Å²) in [4.78, 5) is 2.27. The zero-order chi connectivity index (χ0) is 11.5. The molecule has 0 aliphatic carbocycles. The van der Waals surface area contributed by atoms with E-state index in [0.717, 1.165) is 18.7 Å². The zero-order valence-electron chi connectivity index (χ0n) is 9.19. The third kappa shape index (κ3) is 2.67. The van der Waals surface area contributed by atoms with Gasteiger partial charge in [-0.2, -0.15) is 0 Å². The highest BCUT2D eigenvalue weighted by atomic mass is 35.5. The van der Waals surface area contributed by atoms with Crippen LogP contribution in [0.5, 0.6) is 0 Å². The van der Waals surface area contributed by atoms with E-state index in [2.05, 4.69) is 4.90 Å². The number of β-amino-alcohol motifs (C(OH)–C–C–N with tert-alkyl or cyclic N) is 1. The van der Waals surface area contributed by atoms with E-state index < -0.39 is 6.10 Å². The largest absolute Gasteiger partial charge is 0.398 e. The van der Waals surface area contributed by atoms with Crippen LogP contribution in [0.25, 0.3) is 0 Å². The van der Waals surface area contributed by atoms with Crippen LogP contribution in [-0.2, 0) is 0 Å². The van der Waals surface area contributed by atoms with Crippen molar-refractivity contribution < 1.29 is 5.11 Å². The number of halogens is 1. The monoisotopic (exact) mass is 240 g/mol. The van der Waals surface area contributed by atoms with Gasteiger partial charge >= 0.3 is 0 Å². The molecule has 3 N–H and O–H groups in total. The number of hydrogen-bond acceptors (Lipinski definition) is 3. The highest BCUT2D eigenvalue weighted by Gasteiger charge is 2.17. The van der Waals surface area contributed by atoms with Crippen molar-refractivity contribution in [3.63, 3.8) is 0 Å². The molecule has 1 aromatic rings. The van der Waals surface area contributed by atoms with Crippen molar-refractivity contribution in [3.8, 4) is 0 Å². The third-order valence-electron chi connectivity index (χ3n) is 3.03. The molecule has 0 saturated carbocycles. The van der Waals surface area contributed by atoms with E-state index in [1.165, 1.54) is 12.8 Å². The van der Waals surface area contributed by atoms with Crippen LogP contribution in [0.15, 0.2) is 18.2 Å². The molecule has 0 amide bonds. The molecule has 2 rings (SSSR count). The number of benzene rings is 1. The van der Waals surface area contributed by atoms with Crippen LogP contribution >= 0.6 is 11.6 Å². The highest BCUT2D eigenvalue weighted by molar-refractivity contribution is 6.33. The first-order valence-electron chi connectivity index (χ1n) is 5.62. The Bertz CT molecular complexity index is 364. The molecule has 0 spiro atoms. The van der Waals surface area contributed by atoms with E-state index >= 15 is 0 Å². The molecule has 16 heavy (non-hydrogen) atoms.